The van der Waals surface area contributed by atoms with E-state index in [2.05, 4.69) is 11.1 Å². The molecule has 0 aromatic heterocycles. The average molecular weight is 241 g/mol. The maximum atomic E-state index is 8.66. The second-order valence-electron chi connectivity index (χ2n) is 3.47. The van der Waals surface area contributed by atoms with Crippen molar-refractivity contribution in [2.75, 3.05) is 0 Å². The highest BCUT2D eigenvalue weighted by Gasteiger charge is 1.92. The number of hydrogen-bond donors (Lipinski definition) is 0. The highest BCUT2D eigenvalue weighted by atomic mass is 35.5. The molecule has 0 fully saturated rings. The predicted octanol–water partition coefficient (Wildman–Crippen LogP) is 3.96. The average Bonchev–Trinajstić information content (AvgIpc) is 2.37. The Bertz CT molecular complexity index is 580. The van der Waals surface area contributed by atoms with Crippen LogP contribution in [0.1, 0.15) is 11.1 Å². The van der Waals surface area contributed by atoms with Crippen LogP contribution in [0, 0.1) is 11.3 Å². The van der Waals surface area contributed by atoms with Gasteiger partial charge in [0.1, 0.15) is 0 Å². The lowest BCUT2D eigenvalue weighted by atomic mass is 10.2. The molecule has 0 aliphatic carbocycles. The molecule has 0 heterocycles. The van der Waals surface area contributed by atoms with Gasteiger partial charge in [-0.25, -0.2) is 0 Å². The first-order valence-corrected chi connectivity index (χ1v) is 5.45. The van der Waals surface area contributed by atoms with Crippen molar-refractivity contribution < 1.29 is 0 Å². The van der Waals surface area contributed by atoms with Crippen LogP contribution in [0.3, 0.4) is 0 Å². The first-order valence-electron chi connectivity index (χ1n) is 5.08. The van der Waals surface area contributed by atoms with E-state index in [1.807, 2.05) is 24.3 Å². The van der Waals surface area contributed by atoms with Gasteiger partial charge in [0.25, 0.3) is 0 Å². The summed E-state index contributed by atoms with van der Waals surface area (Å²) in [7, 11) is 0. The Morgan fingerprint density at radius 2 is 1.88 bits per heavy atom. The third kappa shape index (κ3) is 3.17. The Hall–Kier alpha value is -2.11. The van der Waals surface area contributed by atoms with E-state index in [0.717, 1.165) is 11.3 Å². The van der Waals surface area contributed by atoms with Crippen LogP contribution in [0.4, 0.5) is 5.69 Å². The lowest BCUT2D eigenvalue weighted by Crippen LogP contribution is -1.79. The van der Waals surface area contributed by atoms with Crippen LogP contribution in [-0.4, -0.2) is 6.21 Å². The fourth-order valence-electron chi connectivity index (χ4n) is 1.36. The van der Waals surface area contributed by atoms with Crippen molar-refractivity contribution in [2.24, 2.45) is 4.99 Å². The molecule has 0 unspecified atom stereocenters. The standard InChI is InChI=1S/C14H9ClN2/c15-13-3-1-2-12(8-13)10-17-14-6-4-11(9-16)5-7-14/h1-8,10H. The van der Waals surface area contributed by atoms with Gasteiger partial charge in [0, 0.05) is 11.2 Å². The predicted molar refractivity (Wildman–Crippen MR) is 69.9 cm³/mol. The Labute approximate surface area is 105 Å². The molecule has 0 aliphatic heterocycles. The van der Waals surface area contributed by atoms with Crippen LogP contribution in [-0.2, 0) is 0 Å². The molecule has 0 saturated carbocycles. The molecule has 2 aromatic carbocycles. The van der Waals surface area contributed by atoms with Gasteiger partial charge in [-0.2, -0.15) is 5.26 Å². The maximum Gasteiger partial charge on any atom is 0.0991 e. The van der Waals surface area contributed by atoms with Crippen molar-refractivity contribution in [1.29, 1.82) is 5.26 Å². The van der Waals surface area contributed by atoms with E-state index in [1.54, 1.807) is 30.5 Å². The molecule has 0 amide bonds. The minimum absolute atomic E-state index is 0.631. The Balaban J connectivity index is 2.17. The van der Waals surface area contributed by atoms with Crippen LogP contribution in [0.5, 0.6) is 0 Å². The second-order valence-corrected chi connectivity index (χ2v) is 3.91. The van der Waals surface area contributed by atoms with Crippen molar-refractivity contribution in [1.82, 2.24) is 0 Å². The molecule has 0 spiro atoms. The van der Waals surface area contributed by atoms with Crippen LogP contribution in [0.25, 0.3) is 0 Å². The van der Waals surface area contributed by atoms with E-state index in [1.165, 1.54) is 0 Å². The maximum absolute atomic E-state index is 8.66. The summed E-state index contributed by atoms with van der Waals surface area (Å²) in [6, 6.07) is 16.6. The summed E-state index contributed by atoms with van der Waals surface area (Å²) in [5.41, 5.74) is 2.39. The molecule has 0 saturated heterocycles. The zero-order chi connectivity index (χ0) is 12.1. The van der Waals surface area contributed by atoms with E-state index in [4.69, 9.17) is 16.9 Å². The van der Waals surface area contributed by atoms with E-state index >= 15 is 0 Å². The molecule has 0 atom stereocenters. The summed E-state index contributed by atoms with van der Waals surface area (Å²) < 4.78 is 0. The lowest BCUT2D eigenvalue weighted by Gasteiger charge is -1.95. The van der Waals surface area contributed by atoms with Gasteiger partial charge in [-0.3, -0.25) is 4.99 Å². The molecule has 82 valence electrons. The number of nitrogens with zero attached hydrogens (tertiary/aromatic N) is 2. The van der Waals surface area contributed by atoms with Crippen molar-refractivity contribution in [3.8, 4) is 6.07 Å². The summed E-state index contributed by atoms with van der Waals surface area (Å²) in [5, 5.41) is 9.35. The third-order valence-corrected chi connectivity index (χ3v) is 2.44. The Kier molecular flexibility index (Phi) is 3.54. The van der Waals surface area contributed by atoms with Crippen LogP contribution < -0.4 is 0 Å². The van der Waals surface area contributed by atoms with Crippen LogP contribution in [0.15, 0.2) is 53.5 Å². The molecule has 2 aromatic rings. The fraction of sp³-hybridized carbons (Fsp3) is 0. The van der Waals surface area contributed by atoms with Gasteiger partial charge >= 0.3 is 0 Å². The summed E-state index contributed by atoms with van der Waals surface area (Å²) in [5.74, 6) is 0. The molecule has 0 bridgehead atoms. The topological polar surface area (TPSA) is 36.1 Å². The van der Waals surface area contributed by atoms with Crippen LogP contribution >= 0.6 is 11.6 Å². The second kappa shape index (κ2) is 5.29. The van der Waals surface area contributed by atoms with Crippen LogP contribution in [0.2, 0.25) is 5.02 Å². The molecule has 2 nitrogen and oxygen atoms in total. The highest BCUT2D eigenvalue weighted by molar-refractivity contribution is 6.30. The normalized spacial score (nSPS) is 10.4. The van der Waals surface area contributed by atoms with Gasteiger partial charge in [0.2, 0.25) is 0 Å². The molecule has 0 radical (unpaired) electrons. The Morgan fingerprint density at radius 1 is 1.12 bits per heavy atom. The summed E-state index contributed by atoms with van der Waals surface area (Å²) in [6.07, 6.45) is 1.74. The first-order chi connectivity index (χ1) is 8.28. The minimum Gasteiger partial charge on any atom is -0.256 e. The molecular weight excluding hydrogens is 232 g/mol. The van der Waals surface area contributed by atoms with Gasteiger partial charge < -0.3 is 0 Å². The Morgan fingerprint density at radius 3 is 2.53 bits per heavy atom. The minimum atomic E-state index is 0.631. The first kappa shape index (κ1) is 11.4. The SMILES string of the molecule is N#Cc1ccc(N=Cc2cccc(Cl)c2)cc1. The highest BCUT2D eigenvalue weighted by Crippen LogP contribution is 2.14. The van der Waals surface area contributed by atoms with E-state index in [0.29, 0.717) is 10.6 Å². The lowest BCUT2D eigenvalue weighted by molar-refractivity contribution is 1.46. The number of nitriles is 1. The zero-order valence-corrected chi connectivity index (χ0v) is 9.72. The molecule has 0 N–H and O–H groups in total. The molecule has 2 rings (SSSR count). The number of hydrogen-bond acceptors (Lipinski definition) is 2. The van der Waals surface area contributed by atoms with Crippen molar-refractivity contribution in [3.05, 3.63) is 64.7 Å². The van der Waals surface area contributed by atoms with Gasteiger partial charge in [0.05, 0.1) is 17.3 Å². The van der Waals surface area contributed by atoms with E-state index in [9.17, 15) is 0 Å². The van der Waals surface area contributed by atoms with Gasteiger partial charge in [-0.15, -0.1) is 0 Å². The van der Waals surface area contributed by atoms with Crippen molar-refractivity contribution in [3.63, 3.8) is 0 Å². The van der Waals surface area contributed by atoms with E-state index in [-0.39, 0.29) is 0 Å². The number of rotatable bonds is 2. The molecule has 0 aliphatic rings. The summed E-state index contributed by atoms with van der Waals surface area (Å²) in [4.78, 5) is 4.30. The van der Waals surface area contributed by atoms with Gasteiger partial charge in [-0.1, -0.05) is 23.7 Å². The van der Waals surface area contributed by atoms with E-state index < -0.39 is 0 Å². The quantitative estimate of drug-likeness (QED) is 0.732. The van der Waals surface area contributed by atoms with Gasteiger partial charge in [0.15, 0.2) is 0 Å². The molecule has 3 heteroatoms. The fourth-order valence-corrected chi connectivity index (χ4v) is 1.56. The summed E-state index contributed by atoms with van der Waals surface area (Å²) in [6.45, 7) is 0. The molecule has 17 heavy (non-hydrogen) atoms. The third-order valence-electron chi connectivity index (χ3n) is 2.21. The van der Waals surface area contributed by atoms with Gasteiger partial charge in [-0.05, 0) is 42.0 Å². The van der Waals surface area contributed by atoms with Crippen molar-refractivity contribution >= 4 is 23.5 Å². The zero-order valence-electron chi connectivity index (χ0n) is 8.97. The smallest absolute Gasteiger partial charge is 0.0991 e. The largest absolute Gasteiger partial charge is 0.256 e. The monoisotopic (exact) mass is 240 g/mol. The number of aliphatic imine (C=N–C) groups is 1. The number of benzene rings is 2. The van der Waals surface area contributed by atoms with Crippen molar-refractivity contribution in [2.45, 2.75) is 0 Å². The summed E-state index contributed by atoms with van der Waals surface area (Å²) >= 11 is 5.87. The molecular formula is C14H9ClN2. The number of halogens is 1.